The lowest BCUT2D eigenvalue weighted by Crippen LogP contribution is -2.22. The van der Waals surface area contributed by atoms with Crippen molar-refractivity contribution < 1.29 is 5.11 Å². The average Bonchev–Trinajstić information content (AvgIpc) is 2.49. The van der Waals surface area contributed by atoms with E-state index in [4.69, 9.17) is 5.11 Å². The van der Waals surface area contributed by atoms with Crippen molar-refractivity contribution in [1.29, 1.82) is 0 Å². The van der Waals surface area contributed by atoms with Gasteiger partial charge in [0.05, 0.1) is 0 Å². The third kappa shape index (κ3) is 1.56. The van der Waals surface area contributed by atoms with Gasteiger partial charge in [-0.1, -0.05) is 30.2 Å². The van der Waals surface area contributed by atoms with Crippen molar-refractivity contribution in [1.82, 2.24) is 0 Å². The van der Waals surface area contributed by atoms with Crippen LogP contribution >= 0.6 is 0 Å². The van der Waals surface area contributed by atoms with E-state index in [0.29, 0.717) is 6.71 Å². The van der Waals surface area contributed by atoms with Crippen LogP contribution in [0.3, 0.4) is 0 Å². The highest BCUT2D eigenvalue weighted by atomic mass is 16.3. The van der Waals surface area contributed by atoms with Crippen LogP contribution in [-0.4, -0.2) is 18.6 Å². The minimum absolute atomic E-state index is 0.00711. The van der Waals surface area contributed by atoms with Crippen molar-refractivity contribution in [2.75, 3.05) is 12.0 Å². The first-order chi connectivity index (χ1) is 6.31. The number of rotatable bonds is 2. The largest absolute Gasteiger partial charge is 0.377 e. The molecule has 0 aliphatic carbocycles. The Morgan fingerprint density at radius 2 is 2.38 bits per heavy atom. The van der Waals surface area contributed by atoms with Crippen molar-refractivity contribution >= 4 is 17.9 Å². The van der Waals surface area contributed by atoms with Gasteiger partial charge < -0.3 is 10.4 Å². The first-order valence-corrected chi connectivity index (χ1v) is 4.79. The highest BCUT2D eigenvalue weighted by molar-refractivity contribution is 6.73. The molecule has 0 fully saturated rings. The van der Waals surface area contributed by atoms with E-state index in [1.807, 2.05) is 6.07 Å². The van der Waals surface area contributed by atoms with Crippen LogP contribution < -0.4 is 10.8 Å². The molecule has 13 heavy (non-hydrogen) atoms. The molecule has 2 N–H and O–H groups in total. The van der Waals surface area contributed by atoms with Crippen LogP contribution in [0.15, 0.2) is 18.2 Å². The lowest BCUT2D eigenvalue weighted by atomic mass is 9.48. The predicted octanol–water partition coefficient (Wildman–Crippen LogP) is 0.936. The molecule has 0 saturated heterocycles. The first kappa shape index (κ1) is 8.63. The maximum absolute atomic E-state index is 8.72. The van der Waals surface area contributed by atoms with E-state index in [-0.39, 0.29) is 6.73 Å². The molecule has 0 bridgehead atoms. The van der Waals surface area contributed by atoms with Crippen LogP contribution in [0.25, 0.3) is 0 Å². The molecule has 0 atom stereocenters. The first-order valence-electron chi connectivity index (χ1n) is 4.79. The van der Waals surface area contributed by atoms with Gasteiger partial charge in [0.15, 0.2) is 6.71 Å². The maximum atomic E-state index is 8.72. The zero-order valence-electron chi connectivity index (χ0n) is 7.88. The van der Waals surface area contributed by atoms with Gasteiger partial charge in [-0.25, -0.2) is 0 Å². The molecule has 3 heteroatoms. The molecule has 1 aromatic carbocycles. The van der Waals surface area contributed by atoms with Crippen LogP contribution in [-0.2, 0) is 6.42 Å². The van der Waals surface area contributed by atoms with E-state index in [0.717, 1.165) is 5.69 Å². The second kappa shape index (κ2) is 3.42. The Kier molecular flexibility index (Phi) is 2.27. The van der Waals surface area contributed by atoms with E-state index in [2.05, 4.69) is 24.3 Å². The molecule has 1 heterocycles. The summed E-state index contributed by atoms with van der Waals surface area (Å²) in [6.45, 7) is 2.94. The van der Waals surface area contributed by atoms with E-state index >= 15 is 0 Å². The monoisotopic (exact) mass is 175 g/mol. The second-order valence-electron chi connectivity index (χ2n) is 3.69. The highest BCUT2D eigenvalue weighted by Crippen LogP contribution is 2.17. The molecule has 0 spiro atoms. The van der Waals surface area contributed by atoms with Crippen molar-refractivity contribution in [3.63, 3.8) is 0 Å². The molecule has 0 amide bonds. The molecule has 1 aromatic rings. The lowest BCUT2D eigenvalue weighted by Gasteiger charge is -2.07. The van der Waals surface area contributed by atoms with Gasteiger partial charge >= 0.3 is 0 Å². The number of aryl methyl sites for hydroxylation is 1. The average molecular weight is 175 g/mol. The van der Waals surface area contributed by atoms with Crippen LogP contribution in [0.4, 0.5) is 5.69 Å². The van der Waals surface area contributed by atoms with Gasteiger partial charge in [0.1, 0.15) is 6.73 Å². The minimum Gasteiger partial charge on any atom is -0.377 e. The summed E-state index contributed by atoms with van der Waals surface area (Å²) in [6.07, 6.45) is 2.47. The SMILES string of the molecule is CB1CCc2ccc(NCO)cc21. The predicted molar refractivity (Wildman–Crippen MR) is 56.9 cm³/mol. The normalized spacial score (nSPS) is 14.5. The lowest BCUT2D eigenvalue weighted by molar-refractivity contribution is 0.325. The summed E-state index contributed by atoms with van der Waals surface area (Å²) >= 11 is 0. The summed E-state index contributed by atoms with van der Waals surface area (Å²) in [5.41, 5.74) is 3.93. The van der Waals surface area contributed by atoms with E-state index in [1.54, 1.807) is 0 Å². The number of nitrogens with one attached hydrogen (secondary N) is 1. The van der Waals surface area contributed by atoms with Gasteiger partial charge in [0.2, 0.25) is 0 Å². The Hall–Kier alpha value is -0.955. The number of aliphatic hydroxyl groups is 1. The van der Waals surface area contributed by atoms with Gasteiger partial charge in [-0.15, -0.1) is 0 Å². The molecule has 1 aliphatic heterocycles. The van der Waals surface area contributed by atoms with Crippen LogP contribution in [0.1, 0.15) is 5.56 Å². The third-order valence-corrected chi connectivity index (χ3v) is 2.81. The molecule has 68 valence electrons. The van der Waals surface area contributed by atoms with Crippen molar-refractivity contribution in [2.24, 2.45) is 0 Å². The van der Waals surface area contributed by atoms with E-state index < -0.39 is 0 Å². The number of hydrogen-bond acceptors (Lipinski definition) is 2. The molecule has 2 rings (SSSR count). The van der Waals surface area contributed by atoms with E-state index in [9.17, 15) is 0 Å². The van der Waals surface area contributed by atoms with Gasteiger partial charge in [-0.3, -0.25) is 0 Å². The van der Waals surface area contributed by atoms with Crippen molar-refractivity contribution in [2.45, 2.75) is 19.6 Å². The summed E-state index contributed by atoms with van der Waals surface area (Å²) in [5, 5.41) is 11.6. The number of aliphatic hydroxyl groups excluding tert-OH is 1. The summed E-state index contributed by atoms with van der Waals surface area (Å²) in [5.74, 6) is 0. The summed E-state index contributed by atoms with van der Waals surface area (Å²) in [4.78, 5) is 0. The Balaban J connectivity index is 2.31. The number of anilines is 1. The topological polar surface area (TPSA) is 32.3 Å². The molecule has 0 unspecified atom stereocenters. The van der Waals surface area contributed by atoms with Crippen LogP contribution in [0.2, 0.25) is 13.1 Å². The fraction of sp³-hybridized carbons (Fsp3) is 0.400. The fourth-order valence-corrected chi connectivity index (χ4v) is 2.01. The smallest absolute Gasteiger partial charge is 0.173 e. The van der Waals surface area contributed by atoms with Crippen LogP contribution in [0, 0.1) is 0 Å². The number of fused-ring (bicyclic) bond motifs is 1. The van der Waals surface area contributed by atoms with Crippen LogP contribution in [0.5, 0.6) is 0 Å². The van der Waals surface area contributed by atoms with Gasteiger partial charge in [-0.2, -0.15) is 0 Å². The molecule has 0 aromatic heterocycles. The molecular formula is C10H14BNO. The maximum Gasteiger partial charge on any atom is 0.173 e. The molecule has 0 radical (unpaired) electrons. The third-order valence-electron chi connectivity index (χ3n) is 2.81. The van der Waals surface area contributed by atoms with Gasteiger partial charge in [-0.05, 0) is 18.6 Å². The summed E-state index contributed by atoms with van der Waals surface area (Å²) in [7, 11) is 0. The Morgan fingerprint density at radius 1 is 1.54 bits per heavy atom. The van der Waals surface area contributed by atoms with E-state index in [1.165, 1.54) is 23.8 Å². The molecule has 1 aliphatic rings. The van der Waals surface area contributed by atoms with Gasteiger partial charge in [0.25, 0.3) is 0 Å². The Morgan fingerprint density at radius 3 is 3.15 bits per heavy atom. The number of benzene rings is 1. The summed E-state index contributed by atoms with van der Waals surface area (Å²) in [6, 6.07) is 6.35. The zero-order valence-corrected chi connectivity index (χ0v) is 7.88. The standard InChI is InChI=1S/C10H14BNO/c1-11-5-4-8-2-3-9(12-7-13)6-10(8)11/h2-3,6,12-13H,4-5,7H2,1H3. The zero-order chi connectivity index (χ0) is 9.26. The molecule has 0 saturated carbocycles. The molecular weight excluding hydrogens is 161 g/mol. The quantitative estimate of drug-likeness (QED) is 0.517. The second-order valence-corrected chi connectivity index (χ2v) is 3.69. The Labute approximate surface area is 79.1 Å². The fourth-order valence-electron chi connectivity index (χ4n) is 2.01. The van der Waals surface area contributed by atoms with Gasteiger partial charge in [0, 0.05) is 5.69 Å². The Bertz CT molecular complexity index is 314. The highest BCUT2D eigenvalue weighted by Gasteiger charge is 2.21. The summed E-state index contributed by atoms with van der Waals surface area (Å²) < 4.78 is 0. The molecule has 2 nitrogen and oxygen atoms in total. The number of hydrogen-bond donors (Lipinski definition) is 2. The van der Waals surface area contributed by atoms with Crippen molar-refractivity contribution in [3.05, 3.63) is 23.8 Å². The minimum atomic E-state index is 0.00711. The van der Waals surface area contributed by atoms with Crippen molar-refractivity contribution in [3.8, 4) is 0 Å².